The zero-order valence-corrected chi connectivity index (χ0v) is 15.4. The van der Waals surface area contributed by atoms with Gasteiger partial charge < -0.3 is 16.2 Å². The summed E-state index contributed by atoms with van der Waals surface area (Å²) in [6, 6.07) is 14.0. The van der Waals surface area contributed by atoms with E-state index in [-0.39, 0.29) is 29.5 Å². The summed E-state index contributed by atoms with van der Waals surface area (Å²) in [5.41, 5.74) is 13.7. The van der Waals surface area contributed by atoms with E-state index in [1.165, 1.54) is 10.7 Å². The molecule has 1 aromatic heterocycles. The van der Waals surface area contributed by atoms with E-state index in [1.807, 2.05) is 24.3 Å². The van der Waals surface area contributed by atoms with Crippen molar-refractivity contribution in [2.45, 2.75) is 18.9 Å². The Labute approximate surface area is 166 Å². The van der Waals surface area contributed by atoms with Gasteiger partial charge in [-0.05, 0) is 18.1 Å². The number of primary amides is 1. The number of para-hydroxylation sites is 2. The maximum absolute atomic E-state index is 12.1. The maximum atomic E-state index is 12.1. The van der Waals surface area contributed by atoms with Gasteiger partial charge in [-0.2, -0.15) is 5.10 Å². The quantitative estimate of drug-likeness (QED) is 0.503. The van der Waals surface area contributed by atoms with Gasteiger partial charge in [-0.1, -0.05) is 36.4 Å². The van der Waals surface area contributed by atoms with Crippen LogP contribution in [-0.2, 0) is 13.0 Å². The molecule has 1 unspecified atom stereocenters. The number of anilines is 1. The smallest absolute Gasteiger partial charge is 0.274 e. The lowest BCUT2D eigenvalue weighted by atomic mass is 9.92. The third-order valence-electron chi connectivity index (χ3n) is 5.04. The zero-order valence-electron chi connectivity index (χ0n) is 15.4. The maximum Gasteiger partial charge on any atom is 0.274 e. The van der Waals surface area contributed by atoms with Crippen LogP contribution in [0.1, 0.15) is 33.1 Å². The van der Waals surface area contributed by atoms with Crippen LogP contribution in [0.4, 0.5) is 11.5 Å². The summed E-state index contributed by atoms with van der Waals surface area (Å²) in [7, 11) is 0. The number of nitrogen functional groups attached to an aromatic ring is 1. The Bertz CT molecular complexity index is 1110. The molecular formula is C20H19N5O4. The van der Waals surface area contributed by atoms with E-state index in [1.54, 1.807) is 18.2 Å². The normalized spacial score (nSPS) is 15.4. The number of rotatable bonds is 5. The third kappa shape index (κ3) is 3.38. The third-order valence-corrected chi connectivity index (χ3v) is 5.04. The average molecular weight is 393 g/mol. The zero-order chi connectivity index (χ0) is 20.5. The monoisotopic (exact) mass is 393 g/mol. The van der Waals surface area contributed by atoms with Crippen LogP contribution >= 0.6 is 0 Å². The number of amides is 1. The first-order valence-corrected chi connectivity index (χ1v) is 9.04. The van der Waals surface area contributed by atoms with Crippen LogP contribution in [0, 0.1) is 10.1 Å². The molecule has 1 amide bonds. The first-order valence-electron chi connectivity index (χ1n) is 9.04. The first kappa shape index (κ1) is 18.5. The summed E-state index contributed by atoms with van der Waals surface area (Å²) in [5.74, 6) is -0.00641. The lowest BCUT2D eigenvalue weighted by molar-refractivity contribution is -0.385. The van der Waals surface area contributed by atoms with Crippen LogP contribution in [-0.4, -0.2) is 27.2 Å². The molecule has 3 aromatic rings. The van der Waals surface area contributed by atoms with Gasteiger partial charge in [-0.3, -0.25) is 14.9 Å². The SMILES string of the molecule is NC(=O)c1c(C2COc3ccccc3C2)nn(Cc2ccccc2[N+](=O)[O-])c1N. The first-order chi connectivity index (χ1) is 14.0. The molecule has 4 N–H and O–H groups in total. The van der Waals surface area contributed by atoms with Gasteiger partial charge in [-0.15, -0.1) is 0 Å². The van der Waals surface area contributed by atoms with E-state index in [0.717, 1.165) is 11.3 Å². The van der Waals surface area contributed by atoms with Crippen LogP contribution in [0.25, 0.3) is 0 Å². The molecule has 0 fully saturated rings. The Balaban J connectivity index is 1.72. The van der Waals surface area contributed by atoms with Crippen molar-refractivity contribution in [3.05, 3.63) is 81.0 Å². The highest BCUT2D eigenvalue weighted by Crippen LogP contribution is 2.34. The summed E-state index contributed by atoms with van der Waals surface area (Å²) in [6.45, 7) is 0.382. The number of carbonyl (C=O) groups is 1. The summed E-state index contributed by atoms with van der Waals surface area (Å²) in [5, 5.41) is 15.8. The molecule has 0 spiro atoms. The van der Waals surface area contributed by atoms with Gasteiger partial charge in [0, 0.05) is 12.0 Å². The molecule has 9 heteroatoms. The van der Waals surface area contributed by atoms with Crippen molar-refractivity contribution < 1.29 is 14.5 Å². The van der Waals surface area contributed by atoms with Gasteiger partial charge >= 0.3 is 0 Å². The summed E-state index contributed by atoms with van der Waals surface area (Å²) < 4.78 is 7.20. The Morgan fingerprint density at radius 3 is 2.72 bits per heavy atom. The minimum Gasteiger partial charge on any atom is -0.493 e. The molecule has 2 aromatic carbocycles. The van der Waals surface area contributed by atoms with Gasteiger partial charge in [0.2, 0.25) is 0 Å². The second-order valence-corrected chi connectivity index (χ2v) is 6.87. The van der Waals surface area contributed by atoms with E-state index in [4.69, 9.17) is 16.2 Å². The fraction of sp³-hybridized carbons (Fsp3) is 0.200. The van der Waals surface area contributed by atoms with Crippen molar-refractivity contribution >= 4 is 17.4 Å². The van der Waals surface area contributed by atoms with Crippen molar-refractivity contribution in [2.75, 3.05) is 12.3 Å². The number of ether oxygens (including phenoxy) is 1. The summed E-state index contributed by atoms with van der Waals surface area (Å²) in [4.78, 5) is 22.9. The fourth-order valence-electron chi connectivity index (χ4n) is 3.64. The highest BCUT2D eigenvalue weighted by molar-refractivity contribution is 5.98. The van der Waals surface area contributed by atoms with Gasteiger partial charge in [0.15, 0.2) is 0 Å². The Kier molecular flexibility index (Phi) is 4.63. The van der Waals surface area contributed by atoms with E-state index >= 15 is 0 Å². The topological polar surface area (TPSA) is 139 Å². The van der Waals surface area contributed by atoms with Crippen LogP contribution in [0.3, 0.4) is 0 Å². The number of nitrogens with zero attached hydrogens (tertiary/aromatic N) is 3. The average Bonchev–Trinajstić information content (AvgIpc) is 3.04. The standard InChI is InChI=1S/C20H19N5O4/c21-19-17(20(22)26)18(14-9-12-5-2-4-8-16(12)29-11-14)23-24(19)10-13-6-1-3-7-15(13)25(27)28/h1-8,14H,9-11,21H2,(H2,22,26). The summed E-state index contributed by atoms with van der Waals surface area (Å²) >= 11 is 0. The van der Waals surface area contributed by atoms with Crippen molar-refractivity contribution in [2.24, 2.45) is 5.73 Å². The number of fused-ring (bicyclic) bond motifs is 1. The van der Waals surface area contributed by atoms with E-state index in [0.29, 0.717) is 24.3 Å². The Morgan fingerprint density at radius 1 is 1.24 bits per heavy atom. The number of hydrogen-bond acceptors (Lipinski definition) is 6. The molecule has 1 aliphatic rings. The van der Waals surface area contributed by atoms with Crippen LogP contribution in [0.15, 0.2) is 48.5 Å². The van der Waals surface area contributed by atoms with E-state index in [2.05, 4.69) is 5.10 Å². The molecular weight excluding hydrogens is 374 g/mol. The van der Waals surface area contributed by atoms with Crippen molar-refractivity contribution in [3.63, 3.8) is 0 Å². The number of nitrogens with two attached hydrogens (primary N) is 2. The number of carbonyl (C=O) groups excluding carboxylic acids is 1. The molecule has 4 rings (SSSR count). The molecule has 0 aliphatic carbocycles. The van der Waals surface area contributed by atoms with Crippen LogP contribution < -0.4 is 16.2 Å². The lowest BCUT2D eigenvalue weighted by Gasteiger charge is -2.24. The van der Waals surface area contributed by atoms with Crippen molar-refractivity contribution in [1.29, 1.82) is 0 Å². The number of nitro benzene ring substituents is 1. The molecule has 2 heterocycles. The van der Waals surface area contributed by atoms with E-state index < -0.39 is 10.8 Å². The second-order valence-electron chi connectivity index (χ2n) is 6.87. The predicted molar refractivity (Wildman–Crippen MR) is 106 cm³/mol. The molecule has 9 nitrogen and oxygen atoms in total. The highest BCUT2D eigenvalue weighted by atomic mass is 16.6. The largest absolute Gasteiger partial charge is 0.493 e. The molecule has 0 saturated heterocycles. The van der Waals surface area contributed by atoms with Crippen molar-refractivity contribution in [3.8, 4) is 5.75 Å². The highest BCUT2D eigenvalue weighted by Gasteiger charge is 2.30. The minimum absolute atomic E-state index is 0.0421. The molecule has 29 heavy (non-hydrogen) atoms. The number of hydrogen-bond donors (Lipinski definition) is 2. The minimum atomic E-state index is -0.690. The van der Waals surface area contributed by atoms with Crippen molar-refractivity contribution in [1.82, 2.24) is 9.78 Å². The Hall–Kier alpha value is -3.88. The van der Waals surface area contributed by atoms with Gasteiger partial charge in [0.1, 0.15) is 17.1 Å². The van der Waals surface area contributed by atoms with E-state index in [9.17, 15) is 14.9 Å². The molecule has 0 radical (unpaired) electrons. The van der Waals surface area contributed by atoms with Crippen LogP contribution in [0.5, 0.6) is 5.75 Å². The molecule has 1 atom stereocenters. The second kappa shape index (κ2) is 7.27. The van der Waals surface area contributed by atoms with Gasteiger partial charge in [0.25, 0.3) is 11.6 Å². The van der Waals surface area contributed by atoms with Crippen LogP contribution in [0.2, 0.25) is 0 Å². The summed E-state index contributed by atoms with van der Waals surface area (Å²) in [6.07, 6.45) is 0.623. The number of aromatic nitrogens is 2. The lowest BCUT2D eigenvalue weighted by Crippen LogP contribution is -2.23. The van der Waals surface area contributed by atoms with Gasteiger partial charge in [0.05, 0.1) is 29.3 Å². The molecule has 148 valence electrons. The fourth-order valence-corrected chi connectivity index (χ4v) is 3.64. The molecule has 0 saturated carbocycles. The Morgan fingerprint density at radius 2 is 1.97 bits per heavy atom. The predicted octanol–water partition coefficient (Wildman–Crippen LogP) is 2.24. The number of nitro groups is 1. The molecule has 1 aliphatic heterocycles. The molecule has 0 bridgehead atoms. The van der Waals surface area contributed by atoms with Gasteiger partial charge in [-0.25, -0.2) is 4.68 Å². The number of benzene rings is 2.